The zero-order valence-corrected chi connectivity index (χ0v) is 19.0. The first-order valence-corrected chi connectivity index (χ1v) is 11.2. The Kier molecular flexibility index (Phi) is 6.41. The zero-order chi connectivity index (χ0) is 22.7. The van der Waals surface area contributed by atoms with Gasteiger partial charge in [-0.05, 0) is 79.1 Å². The SMILES string of the molecule is CCC1=NN2C(=N)/C(=C/c3ccc(OCCOc4ccc(C)c(C)c4)cc3)C(=O)N=C2S1. The molecule has 1 amide bonds. The lowest BCUT2D eigenvalue weighted by Crippen LogP contribution is -2.35. The fraction of sp³-hybridized carbons (Fsp3) is 0.250. The van der Waals surface area contributed by atoms with Gasteiger partial charge < -0.3 is 9.47 Å². The van der Waals surface area contributed by atoms with Crippen LogP contribution in [-0.2, 0) is 4.79 Å². The summed E-state index contributed by atoms with van der Waals surface area (Å²) in [5, 5.41) is 15.4. The minimum absolute atomic E-state index is 0.0415. The number of nitrogens with one attached hydrogen (secondary N) is 1. The maximum atomic E-state index is 12.4. The largest absolute Gasteiger partial charge is 0.490 e. The topological polar surface area (TPSA) is 87.3 Å². The molecule has 2 aromatic carbocycles. The van der Waals surface area contributed by atoms with Crippen LogP contribution in [0.3, 0.4) is 0 Å². The monoisotopic (exact) mass is 448 g/mol. The van der Waals surface area contributed by atoms with Crippen molar-refractivity contribution >= 4 is 39.8 Å². The van der Waals surface area contributed by atoms with Crippen LogP contribution < -0.4 is 9.47 Å². The summed E-state index contributed by atoms with van der Waals surface area (Å²) in [5.74, 6) is 1.15. The van der Waals surface area contributed by atoms with Crippen molar-refractivity contribution < 1.29 is 14.3 Å². The number of aliphatic imine (C=N–C) groups is 1. The van der Waals surface area contributed by atoms with Gasteiger partial charge in [0.2, 0.25) is 5.17 Å². The summed E-state index contributed by atoms with van der Waals surface area (Å²) in [6, 6.07) is 13.3. The third kappa shape index (κ3) is 4.75. The second-order valence-electron chi connectivity index (χ2n) is 7.38. The van der Waals surface area contributed by atoms with Gasteiger partial charge in [-0.1, -0.05) is 25.1 Å². The number of hydrogen-bond acceptors (Lipinski definition) is 6. The summed E-state index contributed by atoms with van der Waals surface area (Å²) in [7, 11) is 0. The van der Waals surface area contributed by atoms with Crippen molar-refractivity contribution in [3.8, 4) is 11.5 Å². The summed E-state index contributed by atoms with van der Waals surface area (Å²) < 4.78 is 11.5. The molecule has 1 N–H and O–H groups in total. The number of aryl methyl sites for hydroxylation is 2. The second-order valence-corrected chi connectivity index (χ2v) is 8.42. The van der Waals surface area contributed by atoms with Crippen LogP contribution in [0.2, 0.25) is 0 Å². The Hall–Kier alpha value is -3.39. The normalized spacial score (nSPS) is 16.7. The number of rotatable bonds is 7. The van der Waals surface area contributed by atoms with E-state index in [0.717, 1.165) is 22.8 Å². The van der Waals surface area contributed by atoms with E-state index in [1.807, 2.05) is 49.4 Å². The van der Waals surface area contributed by atoms with Crippen molar-refractivity contribution in [1.29, 1.82) is 5.41 Å². The van der Waals surface area contributed by atoms with Crippen molar-refractivity contribution in [2.24, 2.45) is 10.1 Å². The third-order valence-electron chi connectivity index (χ3n) is 5.09. The van der Waals surface area contributed by atoms with E-state index in [1.54, 1.807) is 6.08 Å². The van der Waals surface area contributed by atoms with Crippen molar-refractivity contribution in [2.75, 3.05) is 13.2 Å². The third-order valence-corrected chi connectivity index (χ3v) is 6.14. The molecule has 7 nitrogen and oxygen atoms in total. The molecule has 2 aromatic rings. The quantitative estimate of drug-likeness (QED) is 0.486. The summed E-state index contributed by atoms with van der Waals surface area (Å²) in [6.07, 6.45) is 2.39. The number of hydrazone groups is 1. The number of fused-ring (bicyclic) bond motifs is 1. The van der Waals surface area contributed by atoms with Gasteiger partial charge >= 0.3 is 0 Å². The van der Waals surface area contributed by atoms with Crippen LogP contribution in [-0.4, -0.2) is 40.2 Å². The van der Waals surface area contributed by atoms with Crippen LogP contribution in [0.4, 0.5) is 0 Å². The minimum Gasteiger partial charge on any atom is -0.490 e. The van der Waals surface area contributed by atoms with Gasteiger partial charge in [0.1, 0.15) is 29.8 Å². The van der Waals surface area contributed by atoms with E-state index < -0.39 is 5.91 Å². The molecule has 0 saturated heterocycles. The number of hydrogen-bond donors (Lipinski definition) is 1. The predicted molar refractivity (Wildman–Crippen MR) is 129 cm³/mol. The molecule has 164 valence electrons. The van der Waals surface area contributed by atoms with Gasteiger partial charge in [-0.2, -0.15) is 15.1 Å². The van der Waals surface area contributed by atoms with Crippen molar-refractivity contribution in [3.63, 3.8) is 0 Å². The van der Waals surface area contributed by atoms with Crippen LogP contribution >= 0.6 is 11.8 Å². The molecule has 0 aliphatic carbocycles. The van der Waals surface area contributed by atoms with Crippen LogP contribution in [0, 0.1) is 19.3 Å². The van der Waals surface area contributed by atoms with E-state index in [9.17, 15) is 4.79 Å². The fourth-order valence-electron chi connectivity index (χ4n) is 3.12. The maximum absolute atomic E-state index is 12.4. The van der Waals surface area contributed by atoms with Gasteiger partial charge in [0.25, 0.3) is 5.91 Å². The Balaban J connectivity index is 1.35. The Labute approximate surface area is 191 Å². The summed E-state index contributed by atoms with van der Waals surface area (Å²) in [4.78, 5) is 16.5. The van der Waals surface area contributed by atoms with Gasteiger partial charge in [-0.25, -0.2) is 0 Å². The smallest absolute Gasteiger partial charge is 0.283 e. The molecule has 0 atom stereocenters. The first-order chi connectivity index (χ1) is 15.4. The lowest BCUT2D eigenvalue weighted by Gasteiger charge is -2.20. The van der Waals surface area contributed by atoms with E-state index in [2.05, 4.69) is 23.9 Å². The van der Waals surface area contributed by atoms with E-state index in [0.29, 0.717) is 24.1 Å². The molecule has 32 heavy (non-hydrogen) atoms. The second kappa shape index (κ2) is 9.40. The highest BCUT2D eigenvalue weighted by molar-refractivity contribution is 8.26. The molecule has 2 aliphatic rings. The average molecular weight is 449 g/mol. The first kappa shape index (κ1) is 21.8. The molecule has 0 spiro atoms. The molecule has 4 rings (SSSR count). The molecular weight excluding hydrogens is 424 g/mol. The molecule has 0 unspecified atom stereocenters. The van der Waals surface area contributed by atoms with E-state index in [-0.39, 0.29) is 11.4 Å². The highest BCUT2D eigenvalue weighted by Crippen LogP contribution is 2.29. The Morgan fingerprint density at radius 1 is 1.03 bits per heavy atom. The number of benzene rings is 2. The average Bonchev–Trinajstić information content (AvgIpc) is 3.21. The van der Waals surface area contributed by atoms with Crippen molar-refractivity contribution in [1.82, 2.24) is 5.01 Å². The molecular formula is C24H24N4O3S. The van der Waals surface area contributed by atoms with Gasteiger partial charge in [-0.15, -0.1) is 0 Å². The summed E-state index contributed by atoms with van der Waals surface area (Å²) in [6.45, 7) is 6.96. The number of amidine groups is 2. The van der Waals surface area contributed by atoms with Crippen LogP contribution in [0.1, 0.15) is 30.0 Å². The van der Waals surface area contributed by atoms with Gasteiger partial charge in [0.15, 0.2) is 5.84 Å². The lowest BCUT2D eigenvalue weighted by molar-refractivity contribution is -0.114. The van der Waals surface area contributed by atoms with Gasteiger partial charge in [0, 0.05) is 0 Å². The number of amides is 1. The first-order valence-electron chi connectivity index (χ1n) is 10.4. The van der Waals surface area contributed by atoms with Crippen molar-refractivity contribution in [3.05, 3.63) is 64.7 Å². The summed E-state index contributed by atoms with van der Waals surface area (Å²) in [5.41, 5.74) is 3.42. The number of ether oxygens (including phenoxy) is 2. The Morgan fingerprint density at radius 3 is 2.41 bits per heavy atom. The number of thioether (sulfide) groups is 1. The fourth-order valence-corrected chi connectivity index (χ4v) is 3.95. The minimum atomic E-state index is -0.426. The molecule has 0 bridgehead atoms. The summed E-state index contributed by atoms with van der Waals surface area (Å²) >= 11 is 1.33. The lowest BCUT2D eigenvalue weighted by atomic mass is 10.1. The maximum Gasteiger partial charge on any atom is 0.283 e. The Bertz CT molecular complexity index is 1150. The molecule has 0 radical (unpaired) electrons. The highest BCUT2D eigenvalue weighted by Gasteiger charge is 2.34. The van der Waals surface area contributed by atoms with Crippen LogP contribution in [0.5, 0.6) is 11.5 Å². The highest BCUT2D eigenvalue weighted by atomic mass is 32.2. The van der Waals surface area contributed by atoms with E-state index >= 15 is 0 Å². The predicted octanol–water partition coefficient (Wildman–Crippen LogP) is 4.79. The van der Waals surface area contributed by atoms with E-state index in [4.69, 9.17) is 14.9 Å². The van der Waals surface area contributed by atoms with Gasteiger partial charge in [-0.3, -0.25) is 10.2 Å². The number of carbonyl (C=O) groups is 1. The molecule has 0 saturated carbocycles. The molecule has 0 aromatic heterocycles. The number of nitrogens with zero attached hydrogens (tertiary/aromatic N) is 3. The Morgan fingerprint density at radius 2 is 1.72 bits per heavy atom. The van der Waals surface area contributed by atoms with Crippen LogP contribution in [0.25, 0.3) is 6.08 Å². The molecule has 8 heteroatoms. The van der Waals surface area contributed by atoms with Crippen LogP contribution in [0.15, 0.2) is 58.1 Å². The van der Waals surface area contributed by atoms with Gasteiger partial charge in [0.05, 0.1) is 5.57 Å². The molecule has 2 heterocycles. The zero-order valence-electron chi connectivity index (χ0n) is 18.2. The molecule has 2 aliphatic heterocycles. The van der Waals surface area contributed by atoms with Crippen molar-refractivity contribution in [2.45, 2.75) is 27.2 Å². The molecule has 0 fully saturated rings. The number of carbonyl (C=O) groups excluding carboxylic acids is 1. The standard InChI is InChI=1S/C24H24N4O3S/c1-4-21-27-28-22(25)20(23(29)26-24(28)32-21)14-17-6-9-18(10-7-17)30-11-12-31-19-8-5-15(2)16(3)13-19/h5-10,13-14,25H,4,11-12H2,1-3H3/b20-14-,25-22?. The van der Waals surface area contributed by atoms with E-state index in [1.165, 1.54) is 27.9 Å².